The van der Waals surface area contributed by atoms with Crippen LogP contribution in [-0.2, 0) is 17.5 Å². The van der Waals surface area contributed by atoms with Crippen molar-refractivity contribution >= 4 is 29.9 Å². The van der Waals surface area contributed by atoms with Gasteiger partial charge in [-0.15, -0.1) is 24.0 Å². The molecular weight excluding hydrogens is 462 g/mol. The summed E-state index contributed by atoms with van der Waals surface area (Å²) in [6.07, 6.45) is -3.67. The summed E-state index contributed by atoms with van der Waals surface area (Å²) in [4.78, 5) is 4.24. The van der Waals surface area contributed by atoms with E-state index >= 15 is 0 Å². The van der Waals surface area contributed by atoms with Gasteiger partial charge in [-0.2, -0.15) is 13.2 Å². The zero-order valence-electron chi connectivity index (χ0n) is 15.3. The maximum absolute atomic E-state index is 13.2. The lowest BCUT2D eigenvalue weighted by atomic mass is 10.1. The second-order valence-corrected chi connectivity index (χ2v) is 5.19. The summed E-state index contributed by atoms with van der Waals surface area (Å²) in [7, 11) is 1.34. The fourth-order valence-electron chi connectivity index (χ4n) is 2.12. The Kier molecular flexibility index (Phi) is 12.4. The lowest BCUT2D eigenvalue weighted by molar-refractivity contribution is -0.138. The third-order valence-electron chi connectivity index (χ3n) is 3.34. The summed E-state index contributed by atoms with van der Waals surface area (Å²) < 4.78 is 49.8. The van der Waals surface area contributed by atoms with E-state index in [0.29, 0.717) is 32.3 Å². The smallest absolute Gasteiger partial charge is 0.416 e. The zero-order valence-corrected chi connectivity index (χ0v) is 17.6. The van der Waals surface area contributed by atoms with Gasteiger partial charge >= 0.3 is 6.18 Å². The van der Waals surface area contributed by atoms with Crippen LogP contribution in [0.25, 0.3) is 0 Å². The number of hydrogen-bond acceptors (Lipinski definition) is 3. The molecule has 1 aromatic rings. The number of aliphatic imine (C=N–C) groups is 1. The third-order valence-corrected chi connectivity index (χ3v) is 3.34. The highest BCUT2D eigenvalue weighted by Crippen LogP contribution is 2.34. The van der Waals surface area contributed by atoms with Crippen molar-refractivity contribution in [1.82, 2.24) is 10.6 Å². The van der Waals surface area contributed by atoms with Crippen LogP contribution in [0.4, 0.5) is 13.2 Å². The summed E-state index contributed by atoms with van der Waals surface area (Å²) in [6, 6.07) is 3.89. The van der Waals surface area contributed by atoms with Gasteiger partial charge in [-0.3, -0.25) is 0 Å². The van der Waals surface area contributed by atoms with Gasteiger partial charge in [0.05, 0.1) is 19.2 Å². The van der Waals surface area contributed by atoms with Crippen LogP contribution in [0.5, 0.6) is 5.75 Å². The van der Waals surface area contributed by atoms with Gasteiger partial charge < -0.3 is 20.1 Å². The van der Waals surface area contributed by atoms with E-state index < -0.39 is 11.7 Å². The van der Waals surface area contributed by atoms with Crippen molar-refractivity contribution in [2.45, 2.75) is 33.0 Å². The first kappa shape index (κ1) is 24.8. The Morgan fingerprint density at radius 1 is 1.19 bits per heavy atom. The lowest BCUT2D eigenvalue weighted by Gasteiger charge is -2.15. The van der Waals surface area contributed by atoms with Crippen molar-refractivity contribution in [3.8, 4) is 5.75 Å². The van der Waals surface area contributed by atoms with Crippen molar-refractivity contribution in [1.29, 1.82) is 0 Å². The van der Waals surface area contributed by atoms with Gasteiger partial charge in [0.15, 0.2) is 5.96 Å². The number of methoxy groups -OCH3 is 1. The SMILES string of the molecule is CCNC(=NCc1ccc(OC)cc1C(F)(F)F)NCCCOCC.I. The van der Waals surface area contributed by atoms with Crippen molar-refractivity contribution in [2.24, 2.45) is 4.99 Å². The quantitative estimate of drug-likeness (QED) is 0.240. The number of guanidine groups is 1. The molecule has 26 heavy (non-hydrogen) atoms. The number of benzene rings is 1. The minimum Gasteiger partial charge on any atom is -0.497 e. The number of alkyl halides is 3. The van der Waals surface area contributed by atoms with Crippen LogP contribution in [-0.4, -0.2) is 39.4 Å². The maximum atomic E-state index is 13.2. The third kappa shape index (κ3) is 8.93. The van der Waals surface area contributed by atoms with E-state index in [9.17, 15) is 13.2 Å². The second-order valence-electron chi connectivity index (χ2n) is 5.19. The molecule has 0 aliphatic carbocycles. The maximum Gasteiger partial charge on any atom is 0.416 e. The molecule has 0 aliphatic rings. The van der Waals surface area contributed by atoms with Crippen LogP contribution in [0.15, 0.2) is 23.2 Å². The topological polar surface area (TPSA) is 54.9 Å². The minimum atomic E-state index is -4.46. The molecule has 0 fully saturated rings. The van der Waals surface area contributed by atoms with Gasteiger partial charge in [0, 0.05) is 26.3 Å². The molecule has 9 heteroatoms. The Labute approximate surface area is 169 Å². The highest BCUT2D eigenvalue weighted by Gasteiger charge is 2.33. The summed E-state index contributed by atoms with van der Waals surface area (Å²) in [6.45, 7) is 6.26. The minimum absolute atomic E-state index is 0. The summed E-state index contributed by atoms with van der Waals surface area (Å²) in [5, 5.41) is 6.10. The molecule has 0 radical (unpaired) electrons. The zero-order chi connectivity index (χ0) is 18.7. The molecule has 0 aromatic heterocycles. The molecule has 0 spiro atoms. The number of hydrogen-bond donors (Lipinski definition) is 2. The number of ether oxygens (including phenoxy) is 2. The fraction of sp³-hybridized carbons (Fsp3) is 0.588. The van der Waals surface area contributed by atoms with E-state index in [4.69, 9.17) is 9.47 Å². The first-order valence-corrected chi connectivity index (χ1v) is 8.26. The van der Waals surface area contributed by atoms with Crippen LogP contribution in [0.3, 0.4) is 0 Å². The summed E-state index contributed by atoms with van der Waals surface area (Å²) in [5.41, 5.74) is -0.636. The highest BCUT2D eigenvalue weighted by molar-refractivity contribution is 14.0. The predicted molar refractivity (Wildman–Crippen MR) is 107 cm³/mol. The molecule has 150 valence electrons. The molecule has 0 bridgehead atoms. The molecule has 0 saturated heterocycles. The summed E-state index contributed by atoms with van der Waals surface area (Å²) in [5.74, 6) is 0.643. The van der Waals surface area contributed by atoms with Crippen LogP contribution < -0.4 is 15.4 Å². The molecule has 0 unspecified atom stereocenters. The van der Waals surface area contributed by atoms with Crippen LogP contribution in [0, 0.1) is 0 Å². The first-order chi connectivity index (χ1) is 11.9. The molecule has 0 atom stereocenters. The Bertz CT molecular complexity index is 555. The number of nitrogens with zero attached hydrogens (tertiary/aromatic N) is 1. The van der Waals surface area contributed by atoms with Crippen molar-refractivity contribution in [3.05, 3.63) is 29.3 Å². The lowest BCUT2D eigenvalue weighted by Crippen LogP contribution is -2.38. The van der Waals surface area contributed by atoms with Gasteiger partial charge in [0.2, 0.25) is 0 Å². The Hall–Kier alpha value is -1.23. The average molecular weight is 489 g/mol. The van der Waals surface area contributed by atoms with Crippen LogP contribution in [0.1, 0.15) is 31.4 Å². The van der Waals surface area contributed by atoms with E-state index in [2.05, 4.69) is 15.6 Å². The van der Waals surface area contributed by atoms with E-state index in [1.54, 1.807) is 0 Å². The molecule has 1 aromatic carbocycles. The van der Waals surface area contributed by atoms with Crippen molar-refractivity contribution in [2.75, 3.05) is 33.4 Å². The summed E-state index contributed by atoms with van der Waals surface area (Å²) >= 11 is 0. The van der Waals surface area contributed by atoms with Crippen LogP contribution in [0.2, 0.25) is 0 Å². The number of halogens is 4. The van der Waals surface area contributed by atoms with Crippen molar-refractivity contribution < 1.29 is 22.6 Å². The first-order valence-electron chi connectivity index (χ1n) is 8.26. The van der Waals surface area contributed by atoms with Gasteiger partial charge in [0.1, 0.15) is 5.75 Å². The molecule has 0 aliphatic heterocycles. The predicted octanol–water partition coefficient (Wildman–Crippen LogP) is 3.81. The van der Waals surface area contributed by atoms with E-state index in [-0.39, 0.29) is 41.8 Å². The standard InChI is InChI=1S/C17H26F3N3O2.HI/c1-4-21-16(22-9-6-10-25-5-2)23-12-13-7-8-14(24-3)11-15(13)17(18,19)20;/h7-8,11H,4-6,9-10,12H2,1-3H3,(H2,21,22,23);1H. The molecule has 5 nitrogen and oxygen atoms in total. The van der Waals surface area contributed by atoms with E-state index in [0.717, 1.165) is 12.5 Å². The Morgan fingerprint density at radius 3 is 2.50 bits per heavy atom. The van der Waals surface area contributed by atoms with Gasteiger partial charge in [-0.05, 0) is 38.0 Å². The van der Waals surface area contributed by atoms with Gasteiger partial charge in [0.25, 0.3) is 0 Å². The second kappa shape index (κ2) is 13.0. The molecular formula is C17H27F3IN3O2. The molecule has 0 heterocycles. The van der Waals surface area contributed by atoms with Crippen molar-refractivity contribution in [3.63, 3.8) is 0 Å². The molecule has 1 rings (SSSR count). The monoisotopic (exact) mass is 489 g/mol. The largest absolute Gasteiger partial charge is 0.497 e. The van der Waals surface area contributed by atoms with Crippen LogP contribution >= 0.6 is 24.0 Å². The van der Waals surface area contributed by atoms with Gasteiger partial charge in [-0.1, -0.05) is 6.07 Å². The Balaban J connectivity index is 0.00000625. The number of nitrogens with one attached hydrogen (secondary N) is 2. The number of rotatable bonds is 9. The molecule has 0 saturated carbocycles. The Morgan fingerprint density at radius 2 is 1.92 bits per heavy atom. The molecule has 2 N–H and O–H groups in total. The average Bonchev–Trinajstić information content (AvgIpc) is 2.58. The van der Waals surface area contributed by atoms with E-state index in [1.165, 1.54) is 19.2 Å². The highest BCUT2D eigenvalue weighted by atomic mass is 127. The normalized spacial score (nSPS) is 11.7. The van der Waals surface area contributed by atoms with Gasteiger partial charge in [-0.25, -0.2) is 4.99 Å². The fourth-order valence-corrected chi connectivity index (χ4v) is 2.12. The van der Waals surface area contributed by atoms with E-state index in [1.807, 2.05) is 13.8 Å². The molecule has 0 amide bonds.